The summed E-state index contributed by atoms with van der Waals surface area (Å²) in [6.45, 7) is 2.16. The molecule has 3 atom stereocenters. The third-order valence-electron chi connectivity index (χ3n) is 4.03. The van der Waals surface area contributed by atoms with E-state index in [9.17, 15) is 0 Å². The zero-order chi connectivity index (χ0) is 10.3. The van der Waals surface area contributed by atoms with Crippen LogP contribution in [0, 0.1) is 24.7 Å². The molecule has 1 fully saturated rings. The predicted octanol–water partition coefficient (Wildman–Crippen LogP) is 3.75. The minimum atomic E-state index is 0.885. The molecule has 0 N–H and O–H groups in total. The van der Waals surface area contributed by atoms with Crippen LogP contribution in [0.4, 0.5) is 0 Å². The Morgan fingerprint density at radius 2 is 1.87 bits per heavy atom. The van der Waals surface area contributed by atoms with Gasteiger partial charge in [-0.3, -0.25) is 0 Å². The van der Waals surface area contributed by atoms with Crippen LogP contribution in [0.25, 0.3) is 0 Å². The van der Waals surface area contributed by atoms with Crippen molar-refractivity contribution in [3.8, 4) is 0 Å². The Balaban J connectivity index is 1.71. The number of allylic oxidation sites excluding steroid dienone is 2. The lowest BCUT2D eigenvalue weighted by atomic mass is 9.87. The first kappa shape index (κ1) is 9.21. The molecule has 1 aromatic carbocycles. The summed E-state index contributed by atoms with van der Waals surface area (Å²) in [4.78, 5) is 0. The third-order valence-corrected chi connectivity index (χ3v) is 4.03. The van der Waals surface area contributed by atoms with E-state index in [2.05, 4.69) is 43.3 Å². The molecule has 2 aliphatic carbocycles. The maximum absolute atomic E-state index is 2.45. The second-order valence-corrected chi connectivity index (χ2v) is 5.23. The summed E-state index contributed by atoms with van der Waals surface area (Å²) in [7, 11) is 0. The lowest BCUT2D eigenvalue weighted by molar-refractivity contribution is 0.446. The van der Waals surface area contributed by atoms with Crippen LogP contribution in [-0.4, -0.2) is 0 Å². The molecule has 2 aliphatic rings. The van der Waals surface area contributed by atoms with Crippen molar-refractivity contribution in [1.82, 2.24) is 0 Å². The van der Waals surface area contributed by atoms with Crippen molar-refractivity contribution in [2.24, 2.45) is 17.8 Å². The van der Waals surface area contributed by atoms with Crippen LogP contribution in [0.15, 0.2) is 36.4 Å². The molecule has 0 nitrogen and oxygen atoms in total. The zero-order valence-corrected chi connectivity index (χ0v) is 9.32. The molecular formula is C15H18. The van der Waals surface area contributed by atoms with Gasteiger partial charge in [0.15, 0.2) is 0 Å². The van der Waals surface area contributed by atoms with Crippen molar-refractivity contribution in [1.29, 1.82) is 0 Å². The summed E-state index contributed by atoms with van der Waals surface area (Å²) in [6.07, 6.45) is 9.01. The van der Waals surface area contributed by atoms with E-state index in [4.69, 9.17) is 0 Å². The zero-order valence-electron chi connectivity index (χ0n) is 9.32. The molecule has 0 spiro atoms. The molecule has 0 radical (unpaired) electrons. The Morgan fingerprint density at radius 1 is 1.07 bits per heavy atom. The molecule has 3 rings (SSSR count). The highest BCUT2D eigenvalue weighted by Crippen LogP contribution is 2.44. The summed E-state index contributed by atoms with van der Waals surface area (Å²) in [5, 5.41) is 0. The van der Waals surface area contributed by atoms with Gasteiger partial charge in [0.1, 0.15) is 0 Å². The van der Waals surface area contributed by atoms with Crippen LogP contribution in [0.3, 0.4) is 0 Å². The first-order valence-corrected chi connectivity index (χ1v) is 6.05. The van der Waals surface area contributed by atoms with Gasteiger partial charge in [-0.2, -0.15) is 0 Å². The third kappa shape index (κ3) is 1.73. The van der Waals surface area contributed by atoms with E-state index in [-0.39, 0.29) is 0 Å². The fourth-order valence-corrected chi connectivity index (χ4v) is 3.16. The largest absolute Gasteiger partial charge is 0.0851 e. The average Bonchev–Trinajstić information content (AvgIpc) is 2.83. The fraction of sp³-hybridized carbons (Fsp3) is 0.467. The van der Waals surface area contributed by atoms with Crippen molar-refractivity contribution in [2.75, 3.05) is 0 Å². The Hall–Kier alpha value is -1.04. The molecule has 1 aromatic rings. The van der Waals surface area contributed by atoms with E-state index in [1.165, 1.54) is 30.4 Å². The topological polar surface area (TPSA) is 0 Å². The monoisotopic (exact) mass is 198 g/mol. The molecule has 0 heteroatoms. The van der Waals surface area contributed by atoms with Gasteiger partial charge in [-0.15, -0.1) is 0 Å². The predicted molar refractivity (Wildman–Crippen MR) is 63.7 cm³/mol. The van der Waals surface area contributed by atoms with E-state index in [0.717, 1.165) is 17.8 Å². The Bertz CT molecular complexity index is 372. The molecule has 15 heavy (non-hydrogen) atoms. The van der Waals surface area contributed by atoms with Gasteiger partial charge in [0.25, 0.3) is 0 Å². The molecule has 0 saturated heterocycles. The quantitative estimate of drug-likeness (QED) is 0.635. The molecule has 3 unspecified atom stereocenters. The minimum absolute atomic E-state index is 0.885. The normalized spacial score (nSPS) is 32.5. The fourth-order valence-electron chi connectivity index (χ4n) is 3.16. The van der Waals surface area contributed by atoms with Crippen LogP contribution < -0.4 is 0 Å². The van der Waals surface area contributed by atoms with Gasteiger partial charge in [0, 0.05) is 0 Å². The summed E-state index contributed by atoms with van der Waals surface area (Å²) in [6, 6.07) is 9.06. The lowest BCUT2D eigenvalue weighted by Gasteiger charge is -2.17. The summed E-state index contributed by atoms with van der Waals surface area (Å²) < 4.78 is 0. The van der Waals surface area contributed by atoms with Gasteiger partial charge in [-0.1, -0.05) is 42.0 Å². The second kappa shape index (κ2) is 3.52. The van der Waals surface area contributed by atoms with Crippen molar-refractivity contribution in [2.45, 2.75) is 26.2 Å². The Labute approximate surface area is 92.0 Å². The van der Waals surface area contributed by atoms with E-state index in [1.54, 1.807) is 0 Å². The number of hydrogen-bond donors (Lipinski definition) is 0. The molecule has 2 bridgehead atoms. The first-order chi connectivity index (χ1) is 7.31. The molecule has 0 aliphatic heterocycles. The maximum atomic E-state index is 2.45. The first-order valence-electron chi connectivity index (χ1n) is 6.05. The van der Waals surface area contributed by atoms with Gasteiger partial charge in [0.2, 0.25) is 0 Å². The highest BCUT2D eigenvalue weighted by molar-refractivity contribution is 5.23. The lowest BCUT2D eigenvalue weighted by Crippen LogP contribution is -2.10. The highest BCUT2D eigenvalue weighted by Gasteiger charge is 2.35. The van der Waals surface area contributed by atoms with E-state index in [1.807, 2.05) is 0 Å². The smallest absolute Gasteiger partial charge is 0.0196 e. The van der Waals surface area contributed by atoms with E-state index in [0.29, 0.717) is 0 Å². The number of hydrogen-bond acceptors (Lipinski definition) is 0. The molecule has 1 saturated carbocycles. The minimum Gasteiger partial charge on any atom is -0.0851 e. The van der Waals surface area contributed by atoms with Gasteiger partial charge in [-0.25, -0.2) is 0 Å². The standard InChI is InChI=1S/C15H18/c1-11-2-4-12(5-3-11)8-15-10-13-6-7-14(15)9-13/h2-7,13-15H,8-10H2,1H3. The second-order valence-electron chi connectivity index (χ2n) is 5.23. The van der Waals surface area contributed by atoms with Crippen LogP contribution >= 0.6 is 0 Å². The van der Waals surface area contributed by atoms with Crippen LogP contribution in [0.5, 0.6) is 0 Å². The Kier molecular flexibility index (Phi) is 2.16. The van der Waals surface area contributed by atoms with Gasteiger partial charge in [0.05, 0.1) is 0 Å². The van der Waals surface area contributed by atoms with Gasteiger partial charge < -0.3 is 0 Å². The number of benzene rings is 1. The molecule has 0 aromatic heterocycles. The number of rotatable bonds is 2. The average molecular weight is 198 g/mol. The summed E-state index contributed by atoms with van der Waals surface area (Å²) in [5.74, 6) is 2.71. The molecule has 0 amide bonds. The Morgan fingerprint density at radius 3 is 2.47 bits per heavy atom. The SMILES string of the molecule is Cc1ccc(CC2CC3C=CC2C3)cc1. The van der Waals surface area contributed by atoms with Gasteiger partial charge in [-0.05, 0) is 49.5 Å². The summed E-state index contributed by atoms with van der Waals surface area (Å²) in [5.41, 5.74) is 2.89. The summed E-state index contributed by atoms with van der Waals surface area (Å²) >= 11 is 0. The van der Waals surface area contributed by atoms with Crippen LogP contribution in [0.1, 0.15) is 24.0 Å². The van der Waals surface area contributed by atoms with Crippen molar-refractivity contribution < 1.29 is 0 Å². The molecule has 0 heterocycles. The van der Waals surface area contributed by atoms with Crippen LogP contribution in [-0.2, 0) is 6.42 Å². The van der Waals surface area contributed by atoms with Gasteiger partial charge >= 0.3 is 0 Å². The van der Waals surface area contributed by atoms with E-state index >= 15 is 0 Å². The van der Waals surface area contributed by atoms with Crippen molar-refractivity contribution in [3.05, 3.63) is 47.5 Å². The number of fused-ring (bicyclic) bond motifs is 2. The van der Waals surface area contributed by atoms with Crippen LogP contribution in [0.2, 0.25) is 0 Å². The molecular weight excluding hydrogens is 180 g/mol. The van der Waals surface area contributed by atoms with Crippen molar-refractivity contribution in [3.63, 3.8) is 0 Å². The molecule has 78 valence electrons. The number of aryl methyl sites for hydroxylation is 1. The van der Waals surface area contributed by atoms with E-state index < -0.39 is 0 Å². The maximum Gasteiger partial charge on any atom is -0.0196 e. The van der Waals surface area contributed by atoms with Crippen molar-refractivity contribution >= 4 is 0 Å². The highest BCUT2D eigenvalue weighted by atomic mass is 14.4.